The van der Waals surface area contributed by atoms with E-state index < -0.39 is 24.0 Å². The number of hydrogen-bond donors (Lipinski definition) is 2. The molecule has 0 aliphatic rings. The Bertz CT molecular complexity index is 444. The Hall–Kier alpha value is -2.57. The molecule has 102 valence electrons. The predicted octanol–water partition coefficient (Wildman–Crippen LogP) is 0.523. The minimum absolute atomic E-state index is 0.522. The molecular weight excluding hydrogens is 252 g/mol. The number of methoxy groups -OCH3 is 2. The van der Waals surface area contributed by atoms with Gasteiger partial charge in [0.25, 0.3) is 0 Å². The highest BCUT2D eigenvalue weighted by Gasteiger charge is 2.30. The Morgan fingerprint density at radius 2 is 1.53 bits per heavy atom. The van der Waals surface area contributed by atoms with Gasteiger partial charge in [0.15, 0.2) is 0 Å². The summed E-state index contributed by atoms with van der Waals surface area (Å²) in [7, 11) is 2.21. The summed E-state index contributed by atoms with van der Waals surface area (Å²) in [6.07, 6.45) is 0. The maximum Gasteiger partial charge on any atom is 0.340 e. The molecule has 19 heavy (non-hydrogen) atoms. The molecule has 2 N–H and O–H groups in total. The van der Waals surface area contributed by atoms with Crippen LogP contribution in [0.25, 0.3) is 0 Å². The van der Waals surface area contributed by atoms with Gasteiger partial charge in [0.05, 0.1) is 14.2 Å². The number of carbonyl (C=O) groups excluding carboxylic acids is 3. The third-order valence-electron chi connectivity index (χ3n) is 2.18. The third-order valence-corrected chi connectivity index (χ3v) is 2.18. The molecule has 0 radical (unpaired) electrons. The first-order chi connectivity index (χ1) is 9.08. The van der Waals surface area contributed by atoms with Crippen molar-refractivity contribution in [3.63, 3.8) is 0 Å². The molecule has 0 atom stereocenters. The van der Waals surface area contributed by atoms with E-state index in [-0.39, 0.29) is 0 Å². The number of urea groups is 1. The monoisotopic (exact) mass is 266 g/mol. The summed E-state index contributed by atoms with van der Waals surface area (Å²) in [6.45, 7) is 0. The minimum atomic E-state index is -1.50. The number of ether oxygens (including phenoxy) is 2. The second-order valence-electron chi connectivity index (χ2n) is 3.44. The van der Waals surface area contributed by atoms with E-state index in [4.69, 9.17) is 0 Å². The van der Waals surface area contributed by atoms with Crippen molar-refractivity contribution < 1.29 is 23.9 Å². The topological polar surface area (TPSA) is 93.7 Å². The van der Waals surface area contributed by atoms with Crippen LogP contribution in [0.5, 0.6) is 0 Å². The van der Waals surface area contributed by atoms with Crippen molar-refractivity contribution in [3.8, 4) is 0 Å². The van der Waals surface area contributed by atoms with Crippen LogP contribution in [0.2, 0.25) is 0 Å². The lowest BCUT2D eigenvalue weighted by Crippen LogP contribution is -2.49. The van der Waals surface area contributed by atoms with Gasteiger partial charge in [-0.1, -0.05) is 18.2 Å². The molecule has 1 rings (SSSR count). The number of esters is 2. The number of para-hydroxylation sites is 1. The number of amides is 2. The van der Waals surface area contributed by atoms with Gasteiger partial charge in [0.2, 0.25) is 6.04 Å². The molecule has 1 aromatic carbocycles. The van der Waals surface area contributed by atoms with Crippen LogP contribution in [0.1, 0.15) is 0 Å². The molecule has 0 heterocycles. The highest BCUT2D eigenvalue weighted by molar-refractivity contribution is 6.04. The van der Waals surface area contributed by atoms with Gasteiger partial charge in [-0.25, -0.2) is 14.4 Å². The number of benzene rings is 1. The van der Waals surface area contributed by atoms with E-state index in [2.05, 4.69) is 20.1 Å². The zero-order chi connectivity index (χ0) is 14.3. The number of nitrogens with one attached hydrogen (secondary N) is 2. The Morgan fingerprint density at radius 3 is 2.00 bits per heavy atom. The van der Waals surface area contributed by atoms with Gasteiger partial charge in [-0.2, -0.15) is 0 Å². The van der Waals surface area contributed by atoms with E-state index in [0.717, 1.165) is 14.2 Å². The normalized spacial score (nSPS) is 9.63. The van der Waals surface area contributed by atoms with Crippen molar-refractivity contribution in [2.75, 3.05) is 19.5 Å². The average molecular weight is 266 g/mol. The summed E-state index contributed by atoms with van der Waals surface area (Å²) in [5.74, 6) is -1.81. The molecule has 7 nitrogen and oxygen atoms in total. The molecule has 0 aromatic heterocycles. The van der Waals surface area contributed by atoms with Crippen molar-refractivity contribution in [1.29, 1.82) is 0 Å². The Kier molecular flexibility index (Phi) is 5.34. The molecule has 0 bridgehead atoms. The minimum Gasteiger partial charge on any atom is -0.467 e. The first-order valence-electron chi connectivity index (χ1n) is 5.36. The van der Waals surface area contributed by atoms with Gasteiger partial charge >= 0.3 is 18.0 Å². The van der Waals surface area contributed by atoms with Crippen LogP contribution in [0.4, 0.5) is 10.5 Å². The molecule has 0 saturated carbocycles. The number of hydrogen-bond acceptors (Lipinski definition) is 5. The molecule has 0 saturated heterocycles. The lowest BCUT2D eigenvalue weighted by molar-refractivity contribution is -0.154. The van der Waals surface area contributed by atoms with Crippen LogP contribution in [0.15, 0.2) is 30.3 Å². The highest BCUT2D eigenvalue weighted by atomic mass is 16.5. The van der Waals surface area contributed by atoms with Crippen LogP contribution in [-0.4, -0.2) is 38.2 Å². The quantitative estimate of drug-likeness (QED) is 0.612. The summed E-state index contributed by atoms with van der Waals surface area (Å²) < 4.78 is 8.81. The molecule has 1 aromatic rings. The SMILES string of the molecule is COC(=O)C(NC(=O)Nc1ccccc1)C(=O)OC. The predicted molar refractivity (Wildman–Crippen MR) is 66.4 cm³/mol. The largest absolute Gasteiger partial charge is 0.467 e. The molecule has 0 unspecified atom stereocenters. The maximum absolute atomic E-state index is 11.6. The first-order valence-corrected chi connectivity index (χ1v) is 5.36. The summed E-state index contributed by atoms with van der Waals surface area (Å²) in [5, 5.41) is 4.63. The van der Waals surface area contributed by atoms with Crippen molar-refractivity contribution in [2.24, 2.45) is 0 Å². The first kappa shape index (κ1) is 14.5. The van der Waals surface area contributed by atoms with E-state index in [1.165, 1.54) is 0 Å². The second kappa shape index (κ2) is 7.00. The highest BCUT2D eigenvalue weighted by Crippen LogP contribution is 2.04. The summed E-state index contributed by atoms with van der Waals surface area (Å²) in [6, 6.07) is 6.34. The third kappa shape index (κ3) is 4.30. The van der Waals surface area contributed by atoms with Crippen molar-refractivity contribution in [2.45, 2.75) is 6.04 Å². The van der Waals surface area contributed by atoms with E-state index in [1.54, 1.807) is 30.3 Å². The van der Waals surface area contributed by atoms with Crippen molar-refractivity contribution >= 4 is 23.7 Å². The number of rotatable bonds is 4. The van der Waals surface area contributed by atoms with Gasteiger partial charge in [-0.15, -0.1) is 0 Å². The second-order valence-corrected chi connectivity index (χ2v) is 3.44. The zero-order valence-corrected chi connectivity index (χ0v) is 10.5. The molecule has 0 fully saturated rings. The summed E-state index contributed by atoms with van der Waals surface area (Å²) in [4.78, 5) is 34.3. The van der Waals surface area contributed by atoms with E-state index in [9.17, 15) is 14.4 Å². The van der Waals surface area contributed by atoms with Crippen LogP contribution in [-0.2, 0) is 19.1 Å². The number of anilines is 1. The fourth-order valence-corrected chi connectivity index (χ4v) is 1.27. The van der Waals surface area contributed by atoms with Gasteiger partial charge in [0, 0.05) is 5.69 Å². The van der Waals surface area contributed by atoms with E-state index >= 15 is 0 Å². The zero-order valence-electron chi connectivity index (χ0n) is 10.5. The summed E-state index contributed by atoms with van der Waals surface area (Å²) >= 11 is 0. The fraction of sp³-hybridized carbons (Fsp3) is 0.250. The lowest BCUT2D eigenvalue weighted by Gasteiger charge is -2.14. The van der Waals surface area contributed by atoms with E-state index in [0.29, 0.717) is 5.69 Å². The smallest absolute Gasteiger partial charge is 0.340 e. The molecule has 0 aliphatic heterocycles. The Balaban J connectivity index is 2.66. The van der Waals surface area contributed by atoms with Crippen molar-refractivity contribution in [3.05, 3.63) is 30.3 Å². The Labute approximate surface area is 109 Å². The molecular formula is C12H14N2O5. The van der Waals surface area contributed by atoms with Gasteiger partial charge in [-0.3, -0.25) is 0 Å². The van der Waals surface area contributed by atoms with Crippen LogP contribution in [0, 0.1) is 0 Å². The van der Waals surface area contributed by atoms with E-state index in [1.807, 2.05) is 0 Å². The van der Waals surface area contributed by atoms with Crippen LogP contribution < -0.4 is 10.6 Å². The van der Waals surface area contributed by atoms with Crippen LogP contribution >= 0.6 is 0 Å². The molecule has 0 spiro atoms. The molecule has 0 aliphatic carbocycles. The lowest BCUT2D eigenvalue weighted by atomic mass is 10.3. The number of carbonyl (C=O) groups is 3. The van der Waals surface area contributed by atoms with Gasteiger partial charge in [0.1, 0.15) is 0 Å². The maximum atomic E-state index is 11.6. The Morgan fingerprint density at radius 1 is 1.00 bits per heavy atom. The molecule has 7 heteroatoms. The molecule has 2 amide bonds. The van der Waals surface area contributed by atoms with Gasteiger partial charge < -0.3 is 20.1 Å². The average Bonchev–Trinajstić information content (AvgIpc) is 2.44. The van der Waals surface area contributed by atoms with Crippen LogP contribution in [0.3, 0.4) is 0 Å². The standard InChI is InChI=1S/C12H14N2O5/c1-18-10(15)9(11(16)19-2)14-12(17)13-8-6-4-3-5-7-8/h3-7,9H,1-2H3,(H2,13,14,17). The summed E-state index contributed by atoms with van der Waals surface area (Å²) in [5.41, 5.74) is 0.522. The van der Waals surface area contributed by atoms with Gasteiger partial charge in [-0.05, 0) is 12.1 Å². The van der Waals surface area contributed by atoms with Crippen molar-refractivity contribution in [1.82, 2.24) is 5.32 Å². The fourth-order valence-electron chi connectivity index (χ4n) is 1.27.